The number of halogens is 1. The van der Waals surface area contributed by atoms with Gasteiger partial charge in [-0.3, -0.25) is 4.79 Å². The summed E-state index contributed by atoms with van der Waals surface area (Å²) in [6.45, 7) is 7.99. The molecule has 1 aliphatic rings. The highest BCUT2D eigenvalue weighted by molar-refractivity contribution is 7.12. The zero-order valence-electron chi connectivity index (χ0n) is 20.5. The standard InChI is InChI=1S/C26H28FN7OS/c1-17(2)34-16-29-23(18-4-6-19(27)7-5-18)24(34)21-15-36-26(31-21)25(35)30-20-8-9-22(28-14-20)33-12-10-32(3)11-13-33/h4-9,14-17H,10-13H2,1-3H3,(H,30,35). The molecule has 3 aromatic heterocycles. The number of nitrogens with zero attached hydrogens (tertiary/aromatic N) is 6. The van der Waals surface area contributed by atoms with Crippen LogP contribution in [0.2, 0.25) is 0 Å². The minimum absolute atomic E-state index is 0.130. The summed E-state index contributed by atoms with van der Waals surface area (Å²) >= 11 is 1.27. The van der Waals surface area contributed by atoms with Crippen molar-refractivity contribution in [2.45, 2.75) is 19.9 Å². The number of aromatic nitrogens is 4. The van der Waals surface area contributed by atoms with Gasteiger partial charge in [-0.15, -0.1) is 11.3 Å². The number of imidazole rings is 1. The zero-order valence-corrected chi connectivity index (χ0v) is 21.3. The molecule has 186 valence electrons. The van der Waals surface area contributed by atoms with E-state index < -0.39 is 0 Å². The van der Waals surface area contributed by atoms with Crippen LogP contribution >= 0.6 is 11.3 Å². The smallest absolute Gasteiger partial charge is 0.284 e. The lowest BCUT2D eigenvalue weighted by Crippen LogP contribution is -2.44. The molecule has 5 rings (SSSR count). The average Bonchev–Trinajstić information content (AvgIpc) is 3.53. The van der Waals surface area contributed by atoms with Crippen molar-refractivity contribution in [1.29, 1.82) is 0 Å². The first-order valence-corrected chi connectivity index (χ1v) is 12.8. The third-order valence-electron chi connectivity index (χ3n) is 6.24. The van der Waals surface area contributed by atoms with Crippen molar-refractivity contribution >= 4 is 28.7 Å². The van der Waals surface area contributed by atoms with Gasteiger partial charge >= 0.3 is 0 Å². The Labute approximate surface area is 213 Å². The Morgan fingerprint density at radius 2 is 1.81 bits per heavy atom. The second-order valence-corrected chi connectivity index (χ2v) is 10.00. The summed E-state index contributed by atoms with van der Waals surface area (Å²) < 4.78 is 15.5. The summed E-state index contributed by atoms with van der Waals surface area (Å²) in [5.41, 5.74) is 3.55. The predicted octanol–water partition coefficient (Wildman–Crippen LogP) is 4.79. The van der Waals surface area contributed by atoms with Crippen molar-refractivity contribution < 1.29 is 9.18 Å². The molecule has 1 aliphatic heterocycles. The molecule has 36 heavy (non-hydrogen) atoms. The van der Waals surface area contributed by atoms with Gasteiger partial charge in [-0.2, -0.15) is 0 Å². The Morgan fingerprint density at radius 3 is 2.47 bits per heavy atom. The van der Waals surface area contributed by atoms with Gasteiger partial charge in [-0.1, -0.05) is 0 Å². The van der Waals surface area contributed by atoms with Gasteiger partial charge in [-0.25, -0.2) is 19.3 Å². The van der Waals surface area contributed by atoms with E-state index in [0.717, 1.165) is 43.3 Å². The van der Waals surface area contributed by atoms with Crippen LogP contribution in [0.15, 0.2) is 54.3 Å². The summed E-state index contributed by atoms with van der Waals surface area (Å²) in [5.74, 6) is 0.314. The number of pyridine rings is 1. The summed E-state index contributed by atoms with van der Waals surface area (Å²) in [6, 6.07) is 10.2. The Hall–Kier alpha value is -3.63. The van der Waals surface area contributed by atoms with Crippen LogP contribution in [0.5, 0.6) is 0 Å². The fourth-order valence-electron chi connectivity index (χ4n) is 4.18. The highest BCUT2D eigenvalue weighted by Gasteiger charge is 2.21. The summed E-state index contributed by atoms with van der Waals surface area (Å²) in [6.07, 6.45) is 3.44. The number of anilines is 2. The molecule has 0 spiro atoms. The number of hydrogen-bond donors (Lipinski definition) is 1. The van der Waals surface area contributed by atoms with Gasteiger partial charge < -0.3 is 19.7 Å². The molecule has 0 atom stereocenters. The number of hydrogen-bond acceptors (Lipinski definition) is 7. The van der Waals surface area contributed by atoms with Crippen molar-refractivity contribution in [1.82, 2.24) is 24.4 Å². The Bertz CT molecular complexity index is 1340. The van der Waals surface area contributed by atoms with Crippen LogP contribution in [-0.4, -0.2) is 63.6 Å². The third kappa shape index (κ3) is 5.00. The quantitative estimate of drug-likeness (QED) is 0.406. The van der Waals surface area contributed by atoms with Gasteiger partial charge in [0.1, 0.15) is 17.3 Å². The number of nitrogens with one attached hydrogen (secondary N) is 1. The molecule has 10 heteroatoms. The number of rotatable bonds is 6. The Morgan fingerprint density at radius 1 is 1.06 bits per heavy atom. The fourth-order valence-corrected chi connectivity index (χ4v) is 4.88. The van der Waals surface area contributed by atoms with Crippen LogP contribution in [0.1, 0.15) is 29.7 Å². The van der Waals surface area contributed by atoms with E-state index in [0.29, 0.717) is 22.1 Å². The number of benzene rings is 1. The van der Waals surface area contributed by atoms with E-state index in [1.807, 2.05) is 22.1 Å². The van der Waals surface area contributed by atoms with Crippen LogP contribution in [-0.2, 0) is 0 Å². The molecule has 0 aliphatic carbocycles. The highest BCUT2D eigenvalue weighted by Crippen LogP contribution is 2.34. The van der Waals surface area contributed by atoms with E-state index in [1.54, 1.807) is 24.7 Å². The lowest BCUT2D eigenvalue weighted by atomic mass is 10.1. The maximum absolute atomic E-state index is 13.5. The first kappa shape index (κ1) is 24.1. The summed E-state index contributed by atoms with van der Waals surface area (Å²) in [7, 11) is 2.12. The Balaban J connectivity index is 1.34. The molecule has 0 saturated carbocycles. The molecule has 1 saturated heterocycles. The van der Waals surface area contributed by atoms with E-state index in [2.05, 4.69) is 51.0 Å². The maximum Gasteiger partial charge on any atom is 0.284 e. The zero-order chi connectivity index (χ0) is 25.2. The molecule has 0 unspecified atom stereocenters. The first-order valence-electron chi connectivity index (χ1n) is 11.9. The summed E-state index contributed by atoms with van der Waals surface area (Å²) in [4.78, 5) is 31.2. The largest absolute Gasteiger partial charge is 0.354 e. The minimum Gasteiger partial charge on any atom is -0.354 e. The lowest BCUT2D eigenvalue weighted by molar-refractivity contribution is 0.102. The molecule has 8 nitrogen and oxygen atoms in total. The van der Waals surface area contributed by atoms with E-state index in [4.69, 9.17) is 0 Å². The number of amides is 1. The molecule has 4 aromatic rings. The van der Waals surface area contributed by atoms with Crippen molar-refractivity contribution in [3.05, 3.63) is 65.1 Å². The van der Waals surface area contributed by atoms with Crippen LogP contribution in [0, 0.1) is 5.82 Å². The second kappa shape index (κ2) is 10.2. The number of piperazine rings is 1. The topological polar surface area (TPSA) is 79.2 Å². The molecule has 1 aromatic carbocycles. The fraction of sp³-hybridized carbons (Fsp3) is 0.308. The van der Waals surface area contributed by atoms with Crippen molar-refractivity contribution in [3.63, 3.8) is 0 Å². The van der Waals surface area contributed by atoms with Crippen LogP contribution in [0.25, 0.3) is 22.6 Å². The van der Waals surface area contributed by atoms with E-state index in [1.165, 1.54) is 23.5 Å². The van der Waals surface area contributed by atoms with E-state index in [-0.39, 0.29) is 17.8 Å². The maximum atomic E-state index is 13.5. The number of thiazole rings is 1. The molecule has 0 bridgehead atoms. The van der Waals surface area contributed by atoms with Gasteiger partial charge in [0.15, 0.2) is 5.01 Å². The normalized spacial score (nSPS) is 14.4. The van der Waals surface area contributed by atoms with Gasteiger partial charge in [0.25, 0.3) is 5.91 Å². The van der Waals surface area contributed by atoms with Gasteiger partial charge in [0, 0.05) is 43.2 Å². The van der Waals surface area contributed by atoms with Gasteiger partial charge in [0.05, 0.1) is 29.6 Å². The van der Waals surface area contributed by atoms with Crippen LogP contribution in [0.4, 0.5) is 15.9 Å². The predicted molar refractivity (Wildman–Crippen MR) is 141 cm³/mol. The second-order valence-electron chi connectivity index (χ2n) is 9.14. The van der Waals surface area contributed by atoms with Crippen LogP contribution in [0.3, 0.4) is 0 Å². The third-order valence-corrected chi connectivity index (χ3v) is 7.08. The van der Waals surface area contributed by atoms with E-state index >= 15 is 0 Å². The highest BCUT2D eigenvalue weighted by atomic mass is 32.1. The monoisotopic (exact) mass is 505 g/mol. The van der Waals surface area contributed by atoms with Crippen molar-refractivity contribution in [2.24, 2.45) is 0 Å². The molecular formula is C26H28FN7OS. The van der Waals surface area contributed by atoms with Gasteiger partial charge in [-0.05, 0) is 57.3 Å². The molecule has 4 heterocycles. The number of carbonyl (C=O) groups excluding carboxylic acids is 1. The van der Waals surface area contributed by atoms with Gasteiger partial charge in [0.2, 0.25) is 0 Å². The number of likely N-dealkylation sites (N-methyl/N-ethyl adjacent to an activating group) is 1. The molecular weight excluding hydrogens is 477 g/mol. The van der Waals surface area contributed by atoms with E-state index in [9.17, 15) is 9.18 Å². The molecule has 1 N–H and O–H groups in total. The number of carbonyl (C=O) groups is 1. The molecule has 0 radical (unpaired) electrons. The lowest BCUT2D eigenvalue weighted by Gasteiger charge is -2.33. The Kier molecular flexibility index (Phi) is 6.80. The van der Waals surface area contributed by atoms with Crippen LogP contribution < -0.4 is 10.2 Å². The molecule has 1 amide bonds. The minimum atomic E-state index is -0.303. The average molecular weight is 506 g/mol. The molecule has 1 fully saturated rings. The summed E-state index contributed by atoms with van der Waals surface area (Å²) in [5, 5.41) is 5.10. The van der Waals surface area contributed by atoms with Crippen molar-refractivity contribution in [3.8, 4) is 22.6 Å². The SMILES string of the molecule is CC(C)n1cnc(-c2ccc(F)cc2)c1-c1csc(C(=O)Nc2ccc(N3CCN(C)CC3)nc2)n1. The van der Waals surface area contributed by atoms with Crippen molar-refractivity contribution in [2.75, 3.05) is 43.4 Å². The first-order chi connectivity index (χ1) is 17.4.